The molecular formula is C46H52N4O. The number of ether oxygens (including phenoxy) is 1. The first-order valence-corrected chi connectivity index (χ1v) is 18.7. The van der Waals surface area contributed by atoms with Crippen LogP contribution in [0, 0.1) is 5.92 Å². The number of pyridine rings is 1. The van der Waals surface area contributed by atoms with Crippen molar-refractivity contribution in [1.29, 1.82) is 0 Å². The molecule has 7 rings (SSSR count). The molecule has 0 aliphatic carbocycles. The van der Waals surface area contributed by atoms with Crippen LogP contribution in [0.3, 0.4) is 0 Å². The Kier molecular flexibility index (Phi) is 9.27. The second kappa shape index (κ2) is 14.8. The molecule has 0 fully saturated rings. The van der Waals surface area contributed by atoms with Gasteiger partial charge in [-0.25, -0.2) is 9.97 Å². The number of unbranched alkanes of at least 4 members (excludes halogenated alkanes) is 5. The molecule has 0 amide bonds. The predicted octanol–water partition coefficient (Wildman–Crippen LogP) is 12.7. The molecule has 0 atom stereocenters. The molecule has 4 aromatic carbocycles. The number of imidazole rings is 1. The SMILES string of the molecule is [2H]C([2H])(c1c(CCCCCCCC)ccc2c1c1ccc(Oc3cccc(-n4cnc5ccccc54)c3)cc1n2-c1cc(C(C)(C)C)ccn1)C(C)C. The molecule has 0 bridgehead atoms. The van der Waals surface area contributed by atoms with E-state index in [0.29, 0.717) is 11.5 Å². The van der Waals surface area contributed by atoms with Crippen LogP contribution in [-0.4, -0.2) is 19.1 Å². The fourth-order valence-corrected chi connectivity index (χ4v) is 7.20. The van der Waals surface area contributed by atoms with Crippen LogP contribution in [-0.2, 0) is 18.2 Å². The minimum atomic E-state index is -1.54. The van der Waals surface area contributed by atoms with Gasteiger partial charge < -0.3 is 4.74 Å². The highest BCUT2D eigenvalue weighted by Crippen LogP contribution is 2.40. The summed E-state index contributed by atoms with van der Waals surface area (Å²) < 4.78 is 30.0. The summed E-state index contributed by atoms with van der Waals surface area (Å²) in [6.45, 7) is 12.9. The van der Waals surface area contributed by atoms with E-state index in [1.807, 2.05) is 68.8 Å². The van der Waals surface area contributed by atoms with Crippen LogP contribution in [0.2, 0.25) is 0 Å². The highest BCUT2D eigenvalue weighted by atomic mass is 16.5. The van der Waals surface area contributed by atoms with Gasteiger partial charge >= 0.3 is 0 Å². The number of rotatable bonds is 13. The second-order valence-electron chi connectivity index (χ2n) is 15.2. The van der Waals surface area contributed by atoms with E-state index in [2.05, 4.69) is 90.3 Å². The van der Waals surface area contributed by atoms with Gasteiger partial charge in [0.15, 0.2) is 0 Å². The third-order valence-electron chi connectivity index (χ3n) is 9.85. The van der Waals surface area contributed by atoms with Gasteiger partial charge in [0.1, 0.15) is 23.6 Å². The van der Waals surface area contributed by atoms with Crippen molar-refractivity contribution in [1.82, 2.24) is 19.1 Å². The first kappa shape index (κ1) is 32.0. The maximum atomic E-state index is 9.55. The van der Waals surface area contributed by atoms with Crippen molar-refractivity contribution in [3.63, 3.8) is 0 Å². The van der Waals surface area contributed by atoms with Crippen LogP contribution in [0.5, 0.6) is 11.5 Å². The minimum absolute atomic E-state index is 0.0685. The average Bonchev–Trinajstić information content (AvgIpc) is 3.72. The summed E-state index contributed by atoms with van der Waals surface area (Å²) in [5.74, 6) is 2.01. The highest BCUT2D eigenvalue weighted by molar-refractivity contribution is 6.11. The number of benzene rings is 4. The van der Waals surface area contributed by atoms with E-state index in [4.69, 9.17) is 9.72 Å². The van der Waals surface area contributed by atoms with Crippen molar-refractivity contribution in [3.05, 3.63) is 120 Å². The molecule has 3 aromatic heterocycles. The van der Waals surface area contributed by atoms with Crippen LogP contribution in [0.15, 0.2) is 104 Å². The van der Waals surface area contributed by atoms with E-state index in [9.17, 15) is 2.74 Å². The lowest BCUT2D eigenvalue weighted by Gasteiger charge is -2.20. The molecule has 0 aliphatic heterocycles. The molecule has 0 spiro atoms. The number of hydrogen-bond donors (Lipinski definition) is 0. The summed E-state index contributed by atoms with van der Waals surface area (Å²) in [4.78, 5) is 9.51. The molecule has 0 aliphatic rings. The van der Waals surface area contributed by atoms with Gasteiger partial charge in [0.25, 0.3) is 0 Å². The second-order valence-corrected chi connectivity index (χ2v) is 15.2. The summed E-state index contributed by atoms with van der Waals surface area (Å²) in [6.07, 6.45) is 10.3. The van der Waals surface area contributed by atoms with Crippen molar-refractivity contribution >= 4 is 32.8 Å². The fraction of sp³-hybridized carbons (Fsp3) is 0.348. The van der Waals surface area contributed by atoms with Crippen molar-refractivity contribution in [2.45, 2.75) is 98.3 Å². The van der Waals surface area contributed by atoms with Crippen LogP contribution in [0.25, 0.3) is 44.3 Å². The highest BCUT2D eigenvalue weighted by Gasteiger charge is 2.22. The molecule has 0 saturated heterocycles. The Balaban J connectivity index is 1.38. The Bertz CT molecular complexity index is 2380. The molecule has 5 nitrogen and oxygen atoms in total. The normalized spacial score (nSPS) is 13.0. The number of nitrogens with zero attached hydrogens (tertiary/aromatic N) is 4. The fourth-order valence-electron chi connectivity index (χ4n) is 7.20. The van der Waals surface area contributed by atoms with E-state index in [1.165, 1.54) is 31.2 Å². The Labute approximate surface area is 306 Å². The molecule has 7 aromatic rings. The molecule has 5 heteroatoms. The van der Waals surface area contributed by atoms with Crippen molar-refractivity contribution in [2.24, 2.45) is 5.92 Å². The van der Waals surface area contributed by atoms with E-state index >= 15 is 0 Å². The lowest BCUT2D eigenvalue weighted by molar-refractivity contribution is 0.483. The summed E-state index contributed by atoms with van der Waals surface area (Å²) in [7, 11) is 0. The monoisotopic (exact) mass is 678 g/mol. The molecular weight excluding hydrogens is 625 g/mol. The third kappa shape index (κ3) is 7.30. The average molecular weight is 679 g/mol. The molecule has 262 valence electrons. The number of para-hydroxylation sites is 2. The van der Waals surface area contributed by atoms with E-state index < -0.39 is 6.37 Å². The number of aromatic nitrogens is 4. The zero-order chi connectivity index (χ0) is 37.3. The van der Waals surface area contributed by atoms with E-state index in [-0.39, 0.29) is 11.3 Å². The largest absolute Gasteiger partial charge is 0.457 e. The summed E-state index contributed by atoms with van der Waals surface area (Å²) >= 11 is 0. The molecule has 0 unspecified atom stereocenters. The predicted molar refractivity (Wildman–Crippen MR) is 214 cm³/mol. The number of fused-ring (bicyclic) bond motifs is 4. The van der Waals surface area contributed by atoms with Gasteiger partial charge in [-0.2, -0.15) is 0 Å². The van der Waals surface area contributed by atoms with Crippen molar-refractivity contribution in [2.75, 3.05) is 0 Å². The minimum Gasteiger partial charge on any atom is -0.457 e. The molecule has 51 heavy (non-hydrogen) atoms. The van der Waals surface area contributed by atoms with Gasteiger partial charge in [-0.15, -0.1) is 0 Å². The number of hydrogen-bond acceptors (Lipinski definition) is 3. The Morgan fingerprint density at radius 1 is 0.765 bits per heavy atom. The Hall–Kier alpha value is -4.90. The topological polar surface area (TPSA) is 44.9 Å². The Morgan fingerprint density at radius 2 is 1.57 bits per heavy atom. The van der Waals surface area contributed by atoms with Gasteiger partial charge in [-0.1, -0.05) is 97.9 Å². The summed E-state index contributed by atoms with van der Waals surface area (Å²) in [5.41, 5.74) is 7.86. The molecule has 0 radical (unpaired) electrons. The van der Waals surface area contributed by atoms with Crippen molar-refractivity contribution < 1.29 is 7.48 Å². The van der Waals surface area contributed by atoms with Crippen LogP contribution in [0.4, 0.5) is 0 Å². The van der Waals surface area contributed by atoms with Gasteiger partial charge in [0, 0.05) is 31.8 Å². The maximum absolute atomic E-state index is 9.55. The van der Waals surface area contributed by atoms with Gasteiger partial charge in [0.05, 0.1) is 27.8 Å². The van der Waals surface area contributed by atoms with E-state index in [0.717, 1.165) is 74.7 Å². The van der Waals surface area contributed by atoms with Gasteiger partial charge in [-0.3, -0.25) is 9.13 Å². The number of aryl methyl sites for hydroxylation is 1. The summed E-state index contributed by atoms with van der Waals surface area (Å²) in [6, 6.07) is 31.0. The lowest BCUT2D eigenvalue weighted by atomic mass is 9.88. The Morgan fingerprint density at radius 3 is 2.39 bits per heavy atom. The first-order chi connectivity index (χ1) is 25.5. The molecule has 3 heterocycles. The van der Waals surface area contributed by atoms with Crippen LogP contribution < -0.4 is 4.74 Å². The van der Waals surface area contributed by atoms with Gasteiger partial charge in [0.2, 0.25) is 0 Å². The van der Waals surface area contributed by atoms with Gasteiger partial charge in [-0.05, 0) is 102 Å². The quantitative estimate of drug-likeness (QED) is 0.114. The molecule has 0 saturated carbocycles. The molecule has 0 N–H and O–H groups in total. The zero-order valence-corrected chi connectivity index (χ0v) is 31.0. The maximum Gasteiger partial charge on any atom is 0.137 e. The van der Waals surface area contributed by atoms with Crippen LogP contribution >= 0.6 is 0 Å². The van der Waals surface area contributed by atoms with Crippen LogP contribution in [0.1, 0.15) is 99.5 Å². The lowest BCUT2D eigenvalue weighted by Crippen LogP contribution is -2.12. The summed E-state index contributed by atoms with van der Waals surface area (Å²) in [5, 5.41) is 1.96. The van der Waals surface area contributed by atoms with E-state index in [1.54, 1.807) is 0 Å². The van der Waals surface area contributed by atoms with Crippen molar-refractivity contribution in [3.8, 4) is 23.0 Å². The standard InChI is InChI=1S/C46H52N4O/c1-7-8-9-10-11-12-16-33-21-24-42-45(39(33)27-32(2)3)38-23-22-37(30-43(38)50(42)44-28-34(25-26-47-44)46(4,5)6)51-36-18-15-17-35(29-36)49-31-48-40-19-13-14-20-41(40)49/h13-15,17-26,28-32H,7-12,16,27H2,1-6H3/i27D2. The smallest absolute Gasteiger partial charge is 0.137 e. The zero-order valence-electron chi connectivity index (χ0n) is 33.0. The first-order valence-electron chi connectivity index (χ1n) is 19.7. The third-order valence-corrected chi connectivity index (χ3v) is 9.85.